The minimum absolute atomic E-state index is 0.238. The number of hydrogen-bond donors (Lipinski definition) is 1. The van der Waals surface area contributed by atoms with E-state index in [9.17, 15) is 4.79 Å². The van der Waals surface area contributed by atoms with Crippen LogP contribution >= 0.6 is 11.6 Å². The number of halogens is 1. The Balaban J connectivity index is 1.76. The molecular weight excluding hydrogens is 316 g/mol. The van der Waals surface area contributed by atoms with Crippen LogP contribution in [0.15, 0.2) is 47.1 Å². The molecule has 1 aromatic carbocycles. The van der Waals surface area contributed by atoms with Gasteiger partial charge in [0.2, 0.25) is 5.91 Å². The van der Waals surface area contributed by atoms with Gasteiger partial charge in [-0.25, -0.2) is 0 Å². The van der Waals surface area contributed by atoms with Crippen molar-refractivity contribution in [1.82, 2.24) is 0 Å². The molecule has 3 rings (SSSR count). The van der Waals surface area contributed by atoms with E-state index in [0.29, 0.717) is 29.7 Å². The zero-order chi connectivity index (χ0) is 16.1. The van der Waals surface area contributed by atoms with Gasteiger partial charge in [-0.05, 0) is 30.3 Å². The van der Waals surface area contributed by atoms with Gasteiger partial charge in [0, 0.05) is 19.2 Å². The van der Waals surface area contributed by atoms with Crippen molar-refractivity contribution in [3.05, 3.63) is 53.5 Å². The summed E-state index contributed by atoms with van der Waals surface area (Å²) >= 11 is 6.34. The van der Waals surface area contributed by atoms with Crippen molar-refractivity contribution in [2.45, 2.75) is 0 Å². The highest BCUT2D eigenvalue weighted by Gasteiger charge is 2.18. The topological polar surface area (TPSA) is 54.7 Å². The second-order valence-electron chi connectivity index (χ2n) is 5.07. The van der Waals surface area contributed by atoms with Crippen molar-refractivity contribution in [2.75, 3.05) is 36.5 Å². The summed E-state index contributed by atoms with van der Waals surface area (Å²) in [6, 6.07) is 9.03. The van der Waals surface area contributed by atoms with Crippen molar-refractivity contribution >= 4 is 35.0 Å². The first-order chi connectivity index (χ1) is 11.2. The molecule has 1 N–H and O–H groups in total. The van der Waals surface area contributed by atoms with Gasteiger partial charge in [0.1, 0.15) is 5.76 Å². The molecule has 0 saturated carbocycles. The smallest absolute Gasteiger partial charge is 0.248 e. The predicted molar refractivity (Wildman–Crippen MR) is 90.9 cm³/mol. The average molecular weight is 333 g/mol. The van der Waals surface area contributed by atoms with Crippen molar-refractivity contribution in [3.8, 4) is 0 Å². The Hall–Kier alpha value is -2.24. The van der Waals surface area contributed by atoms with Gasteiger partial charge >= 0.3 is 0 Å². The van der Waals surface area contributed by atoms with E-state index in [1.165, 1.54) is 6.08 Å². The normalized spacial score (nSPS) is 15.1. The van der Waals surface area contributed by atoms with Crippen LogP contribution in [0.25, 0.3) is 6.08 Å². The van der Waals surface area contributed by atoms with Gasteiger partial charge in [-0.2, -0.15) is 0 Å². The summed E-state index contributed by atoms with van der Waals surface area (Å²) in [4.78, 5) is 14.3. The number of para-hydroxylation sites is 1. The van der Waals surface area contributed by atoms with E-state index in [4.69, 9.17) is 20.8 Å². The number of amides is 1. The fourth-order valence-electron chi connectivity index (χ4n) is 2.44. The summed E-state index contributed by atoms with van der Waals surface area (Å²) in [5.74, 6) is 0.387. The highest BCUT2D eigenvalue weighted by Crippen LogP contribution is 2.34. The fourth-order valence-corrected chi connectivity index (χ4v) is 2.74. The van der Waals surface area contributed by atoms with Crippen LogP contribution < -0.4 is 10.2 Å². The number of nitrogens with one attached hydrogen (secondary N) is 1. The average Bonchev–Trinajstić information content (AvgIpc) is 3.07. The van der Waals surface area contributed by atoms with Crippen molar-refractivity contribution in [3.63, 3.8) is 0 Å². The highest BCUT2D eigenvalue weighted by molar-refractivity contribution is 6.34. The molecule has 0 radical (unpaired) electrons. The van der Waals surface area contributed by atoms with Gasteiger partial charge in [-0.3, -0.25) is 4.79 Å². The SMILES string of the molecule is O=C(C=Cc1ccco1)Nc1cccc(Cl)c1N1CCOCC1. The third kappa shape index (κ3) is 3.94. The summed E-state index contributed by atoms with van der Waals surface area (Å²) in [6.07, 6.45) is 4.61. The number of rotatable bonds is 4. The van der Waals surface area contributed by atoms with Crippen LogP contribution in [-0.2, 0) is 9.53 Å². The van der Waals surface area contributed by atoms with Crippen LogP contribution in [0.4, 0.5) is 11.4 Å². The third-order valence-electron chi connectivity index (χ3n) is 3.51. The Morgan fingerprint density at radius 3 is 2.78 bits per heavy atom. The number of carbonyl (C=O) groups is 1. The van der Waals surface area contributed by atoms with Crippen molar-refractivity contribution in [2.24, 2.45) is 0 Å². The zero-order valence-electron chi connectivity index (χ0n) is 12.5. The highest BCUT2D eigenvalue weighted by atomic mass is 35.5. The van der Waals surface area contributed by atoms with Gasteiger partial charge in [0.05, 0.1) is 35.9 Å². The Kier molecular flexibility index (Phi) is 5.00. The van der Waals surface area contributed by atoms with Crippen LogP contribution in [0, 0.1) is 0 Å². The number of nitrogens with zero attached hydrogens (tertiary/aromatic N) is 1. The summed E-state index contributed by atoms with van der Waals surface area (Å²) in [7, 11) is 0. The monoisotopic (exact) mass is 332 g/mol. The molecule has 120 valence electrons. The molecule has 0 atom stereocenters. The van der Waals surface area contributed by atoms with E-state index in [-0.39, 0.29) is 5.91 Å². The molecule has 0 bridgehead atoms. The van der Waals surface area contributed by atoms with E-state index >= 15 is 0 Å². The summed E-state index contributed by atoms with van der Waals surface area (Å²) < 4.78 is 10.5. The number of furan rings is 1. The first kappa shape index (κ1) is 15.6. The first-order valence-corrected chi connectivity index (χ1v) is 7.75. The lowest BCUT2D eigenvalue weighted by Crippen LogP contribution is -2.37. The lowest BCUT2D eigenvalue weighted by molar-refractivity contribution is -0.111. The number of morpholine rings is 1. The molecule has 5 nitrogen and oxygen atoms in total. The summed E-state index contributed by atoms with van der Waals surface area (Å²) in [5, 5.41) is 3.49. The molecule has 0 aliphatic carbocycles. The molecule has 0 unspecified atom stereocenters. The van der Waals surface area contributed by atoms with Crippen molar-refractivity contribution in [1.29, 1.82) is 0 Å². The standard InChI is InChI=1S/C17H17ClN2O3/c18-14-4-1-5-15(17(14)20-8-11-22-12-9-20)19-16(21)7-6-13-3-2-10-23-13/h1-7,10H,8-9,11-12H2,(H,19,21). The number of benzene rings is 1. The molecule has 1 aromatic heterocycles. The lowest BCUT2D eigenvalue weighted by Gasteiger charge is -2.31. The minimum atomic E-state index is -0.238. The number of anilines is 2. The van der Waals surface area contributed by atoms with Crippen molar-refractivity contribution < 1.29 is 13.9 Å². The second kappa shape index (κ2) is 7.35. The molecule has 23 heavy (non-hydrogen) atoms. The molecule has 0 spiro atoms. The van der Waals surface area contributed by atoms with E-state index in [2.05, 4.69) is 10.2 Å². The molecule has 1 saturated heterocycles. The zero-order valence-corrected chi connectivity index (χ0v) is 13.3. The molecule has 1 amide bonds. The van der Waals surface area contributed by atoms with E-state index in [0.717, 1.165) is 18.8 Å². The van der Waals surface area contributed by atoms with Crippen LogP contribution in [0.1, 0.15) is 5.76 Å². The first-order valence-electron chi connectivity index (χ1n) is 7.38. The van der Waals surface area contributed by atoms with E-state index < -0.39 is 0 Å². The van der Waals surface area contributed by atoms with Crippen LogP contribution in [0.2, 0.25) is 5.02 Å². The summed E-state index contributed by atoms with van der Waals surface area (Å²) in [5.41, 5.74) is 1.52. The Morgan fingerprint density at radius 1 is 1.22 bits per heavy atom. The van der Waals surface area contributed by atoms with E-state index in [1.54, 1.807) is 24.5 Å². The molecular formula is C17H17ClN2O3. The van der Waals surface area contributed by atoms with Gasteiger partial charge in [-0.15, -0.1) is 0 Å². The Morgan fingerprint density at radius 2 is 2.04 bits per heavy atom. The second-order valence-corrected chi connectivity index (χ2v) is 5.48. The maximum absolute atomic E-state index is 12.1. The maximum atomic E-state index is 12.1. The van der Waals surface area contributed by atoms with Crippen LogP contribution in [-0.4, -0.2) is 32.2 Å². The Labute approximate surface area is 139 Å². The van der Waals surface area contributed by atoms with Gasteiger partial charge < -0.3 is 19.4 Å². The lowest BCUT2D eigenvalue weighted by atomic mass is 10.2. The third-order valence-corrected chi connectivity index (χ3v) is 3.82. The van der Waals surface area contributed by atoms with E-state index in [1.807, 2.05) is 18.2 Å². The minimum Gasteiger partial charge on any atom is -0.465 e. The fraction of sp³-hybridized carbons (Fsp3) is 0.235. The maximum Gasteiger partial charge on any atom is 0.248 e. The molecule has 1 fully saturated rings. The molecule has 1 aliphatic rings. The summed E-state index contributed by atoms with van der Waals surface area (Å²) in [6.45, 7) is 2.79. The van der Waals surface area contributed by atoms with Gasteiger partial charge in [0.25, 0.3) is 0 Å². The molecule has 2 heterocycles. The molecule has 2 aromatic rings. The van der Waals surface area contributed by atoms with Crippen LogP contribution in [0.3, 0.4) is 0 Å². The largest absolute Gasteiger partial charge is 0.465 e. The predicted octanol–water partition coefficient (Wildman–Crippen LogP) is 3.42. The number of ether oxygens (including phenoxy) is 1. The number of carbonyl (C=O) groups excluding carboxylic acids is 1. The van der Waals surface area contributed by atoms with Gasteiger partial charge in [-0.1, -0.05) is 17.7 Å². The Bertz CT molecular complexity index is 692. The molecule has 1 aliphatic heterocycles. The quantitative estimate of drug-likeness (QED) is 0.872. The van der Waals surface area contributed by atoms with Crippen LogP contribution in [0.5, 0.6) is 0 Å². The van der Waals surface area contributed by atoms with Gasteiger partial charge in [0.15, 0.2) is 0 Å². The number of hydrogen-bond acceptors (Lipinski definition) is 4. The molecule has 6 heteroatoms.